The van der Waals surface area contributed by atoms with Crippen molar-refractivity contribution in [1.29, 1.82) is 0 Å². The van der Waals surface area contributed by atoms with E-state index in [9.17, 15) is 14.4 Å². The third-order valence-electron chi connectivity index (χ3n) is 5.24. The quantitative estimate of drug-likeness (QED) is 0.710. The van der Waals surface area contributed by atoms with Crippen LogP contribution in [0.15, 0.2) is 30.3 Å². The second-order valence-corrected chi connectivity index (χ2v) is 8.54. The monoisotopic (exact) mass is 425 g/mol. The highest BCUT2D eigenvalue weighted by Crippen LogP contribution is 2.17. The van der Waals surface area contributed by atoms with Crippen LogP contribution in [0.2, 0.25) is 0 Å². The third-order valence-corrected chi connectivity index (χ3v) is 5.24. The third kappa shape index (κ3) is 5.71. The Balaban J connectivity index is 1.68. The minimum atomic E-state index is -0.693. The van der Waals surface area contributed by atoms with Crippen LogP contribution in [0.1, 0.15) is 59.3 Å². The minimum absolute atomic E-state index is 0.143. The second-order valence-electron chi connectivity index (χ2n) is 8.54. The average Bonchev–Trinajstić information content (AvgIpc) is 3.10. The van der Waals surface area contributed by atoms with E-state index in [4.69, 9.17) is 0 Å². The van der Waals surface area contributed by atoms with Gasteiger partial charge < -0.3 is 15.5 Å². The number of hydrogen-bond acceptors (Lipinski definition) is 4. The van der Waals surface area contributed by atoms with Crippen LogP contribution in [-0.2, 0) is 17.9 Å². The number of aromatic nitrogens is 2. The number of nitrogens with zero attached hydrogens (tertiary/aromatic N) is 3. The van der Waals surface area contributed by atoms with Crippen molar-refractivity contribution in [3.8, 4) is 0 Å². The smallest absolute Gasteiger partial charge is 0.272 e. The Hall–Kier alpha value is -3.16. The van der Waals surface area contributed by atoms with E-state index < -0.39 is 11.9 Å². The summed E-state index contributed by atoms with van der Waals surface area (Å²) in [5, 5.41) is 9.79. The molecule has 166 valence electrons. The van der Waals surface area contributed by atoms with E-state index in [1.54, 1.807) is 16.5 Å². The van der Waals surface area contributed by atoms with Crippen molar-refractivity contribution in [1.82, 2.24) is 25.3 Å². The predicted molar refractivity (Wildman–Crippen MR) is 118 cm³/mol. The molecule has 1 aromatic carbocycles. The number of aryl methyl sites for hydroxylation is 2. The molecule has 2 aromatic rings. The van der Waals surface area contributed by atoms with Gasteiger partial charge in [-0.2, -0.15) is 5.10 Å². The van der Waals surface area contributed by atoms with Gasteiger partial charge >= 0.3 is 0 Å². The van der Waals surface area contributed by atoms with Crippen LogP contribution in [0, 0.1) is 12.8 Å². The maximum Gasteiger partial charge on any atom is 0.272 e. The Morgan fingerprint density at radius 2 is 1.84 bits per heavy atom. The zero-order valence-corrected chi connectivity index (χ0v) is 18.6. The van der Waals surface area contributed by atoms with Crippen LogP contribution < -0.4 is 10.6 Å². The molecule has 1 unspecified atom stereocenters. The molecule has 0 spiro atoms. The fraction of sp³-hybridized carbons (Fsp3) is 0.478. The lowest BCUT2D eigenvalue weighted by atomic mass is 10.1. The van der Waals surface area contributed by atoms with E-state index in [0.717, 1.165) is 12.0 Å². The van der Waals surface area contributed by atoms with Gasteiger partial charge in [0.25, 0.3) is 11.8 Å². The molecule has 1 aromatic heterocycles. The maximum absolute atomic E-state index is 13.1. The maximum atomic E-state index is 13.1. The van der Waals surface area contributed by atoms with Gasteiger partial charge in [0.05, 0.1) is 0 Å². The molecule has 0 bridgehead atoms. The van der Waals surface area contributed by atoms with Gasteiger partial charge in [-0.3, -0.25) is 19.1 Å². The van der Waals surface area contributed by atoms with Crippen molar-refractivity contribution in [2.24, 2.45) is 5.92 Å². The number of fused-ring (bicyclic) bond motifs is 1. The zero-order valence-electron chi connectivity index (χ0n) is 18.6. The van der Waals surface area contributed by atoms with Crippen LogP contribution >= 0.6 is 0 Å². The largest absolute Gasteiger partial charge is 0.354 e. The molecule has 2 heterocycles. The molecule has 0 saturated carbocycles. The molecule has 3 amide bonds. The molecular weight excluding hydrogens is 394 g/mol. The highest BCUT2D eigenvalue weighted by molar-refractivity contribution is 5.99. The summed E-state index contributed by atoms with van der Waals surface area (Å²) < 4.78 is 1.59. The Bertz CT molecular complexity index is 949. The Labute approximate surface area is 183 Å². The summed E-state index contributed by atoms with van der Waals surface area (Å²) >= 11 is 0. The number of benzene rings is 1. The van der Waals surface area contributed by atoms with Crippen molar-refractivity contribution < 1.29 is 14.4 Å². The number of rotatable bonds is 7. The van der Waals surface area contributed by atoms with Gasteiger partial charge in [-0.15, -0.1) is 0 Å². The summed E-state index contributed by atoms with van der Waals surface area (Å²) in [7, 11) is 0. The molecule has 8 nitrogen and oxygen atoms in total. The molecule has 1 atom stereocenters. The molecule has 2 N–H and O–H groups in total. The van der Waals surface area contributed by atoms with Crippen LogP contribution in [0.25, 0.3) is 0 Å². The van der Waals surface area contributed by atoms with Crippen LogP contribution in [0.4, 0.5) is 0 Å². The molecule has 31 heavy (non-hydrogen) atoms. The summed E-state index contributed by atoms with van der Waals surface area (Å²) in [6, 6.07) is 8.93. The van der Waals surface area contributed by atoms with E-state index in [2.05, 4.69) is 15.7 Å². The van der Waals surface area contributed by atoms with E-state index in [1.165, 1.54) is 11.6 Å². The SMILES string of the molecule is Cc1ccc(CN2CCCn3nc(C(=O)NC(C)C(=O)NCC(C)C)cc3C2=O)cc1. The van der Waals surface area contributed by atoms with Gasteiger partial charge in [-0.1, -0.05) is 43.7 Å². The number of carbonyl (C=O) groups excluding carboxylic acids is 3. The van der Waals surface area contributed by atoms with Gasteiger partial charge in [0.15, 0.2) is 5.69 Å². The average molecular weight is 426 g/mol. The Kier molecular flexibility index (Phi) is 7.09. The molecular formula is C23H31N5O3. The standard InChI is InChI=1S/C23H31N5O3/c1-15(2)13-24-21(29)17(4)25-22(30)19-12-20-23(31)27(10-5-11-28(20)26-19)14-18-8-6-16(3)7-9-18/h6-9,12,15,17H,5,10-11,13-14H2,1-4H3,(H,24,29)(H,25,30). The fourth-order valence-corrected chi connectivity index (χ4v) is 3.40. The second kappa shape index (κ2) is 9.76. The summed E-state index contributed by atoms with van der Waals surface area (Å²) in [6.07, 6.45) is 0.751. The highest BCUT2D eigenvalue weighted by Gasteiger charge is 2.27. The van der Waals surface area contributed by atoms with Crippen molar-refractivity contribution >= 4 is 17.7 Å². The molecule has 1 aliphatic rings. The lowest BCUT2D eigenvalue weighted by Crippen LogP contribution is -2.45. The van der Waals surface area contributed by atoms with Crippen molar-refractivity contribution in [3.05, 3.63) is 52.8 Å². The Morgan fingerprint density at radius 3 is 2.52 bits per heavy atom. The van der Waals surface area contributed by atoms with Gasteiger partial charge in [0.1, 0.15) is 11.7 Å². The predicted octanol–water partition coefficient (Wildman–Crippen LogP) is 2.13. The molecule has 8 heteroatoms. The van der Waals surface area contributed by atoms with Crippen molar-refractivity contribution in [2.75, 3.05) is 13.1 Å². The first-order valence-electron chi connectivity index (χ1n) is 10.8. The van der Waals surface area contributed by atoms with Gasteiger partial charge in [0.2, 0.25) is 5.91 Å². The molecule has 3 rings (SSSR count). The molecule has 0 aliphatic carbocycles. The lowest BCUT2D eigenvalue weighted by Gasteiger charge is -2.20. The molecule has 0 saturated heterocycles. The number of carbonyl (C=O) groups is 3. The van der Waals surface area contributed by atoms with Crippen LogP contribution in [0.5, 0.6) is 0 Å². The van der Waals surface area contributed by atoms with E-state index >= 15 is 0 Å². The zero-order chi connectivity index (χ0) is 22.5. The van der Waals surface area contributed by atoms with Crippen molar-refractivity contribution in [2.45, 2.75) is 53.2 Å². The molecule has 0 radical (unpaired) electrons. The number of nitrogens with one attached hydrogen (secondary N) is 2. The normalized spacial score (nSPS) is 14.7. The summed E-state index contributed by atoms with van der Waals surface area (Å²) in [5.41, 5.74) is 2.77. The first-order chi connectivity index (χ1) is 14.7. The fourth-order valence-electron chi connectivity index (χ4n) is 3.40. The highest BCUT2D eigenvalue weighted by atomic mass is 16.2. The number of amides is 3. The van der Waals surface area contributed by atoms with Crippen molar-refractivity contribution in [3.63, 3.8) is 0 Å². The first-order valence-corrected chi connectivity index (χ1v) is 10.8. The lowest BCUT2D eigenvalue weighted by molar-refractivity contribution is -0.122. The number of hydrogen-bond donors (Lipinski definition) is 2. The summed E-state index contributed by atoms with van der Waals surface area (Å²) in [4.78, 5) is 39.6. The van der Waals surface area contributed by atoms with E-state index in [0.29, 0.717) is 37.8 Å². The van der Waals surface area contributed by atoms with E-state index in [1.807, 2.05) is 45.0 Å². The first kappa shape index (κ1) is 22.5. The van der Waals surface area contributed by atoms with Gasteiger partial charge in [0, 0.05) is 32.2 Å². The van der Waals surface area contributed by atoms with E-state index in [-0.39, 0.29) is 17.5 Å². The van der Waals surface area contributed by atoms with Gasteiger partial charge in [-0.05, 0) is 31.7 Å². The minimum Gasteiger partial charge on any atom is -0.354 e. The van der Waals surface area contributed by atoms with Crippen LogP contribution in [-0.4, -0.2) is 51.5 Å². The van der Waals surface area contributed by atoms with Gasteiger partial charge in [-0.25, -0.2) is 0 Å². The van der Waals surface area contributed by atoms with Crippen LogP contribution in [0.3, 0.4) is 0 Å². The topological polar surface area (TPSA) is 96.3 Å². The Morgan fingerprint density at radius 1 is 1.13 bits per heavy atom. The summed E-state index contributed by atoms with van der Waals surface area (Å²) in [5.74, 6) is -0.536. The molecule has 1 aliphatic heterocycles. The summed E-state index contributed by atoms with van der Waals surface area (Å²) in [6.45, 7) is 9.90. The molecule has 0 fully saturated rings.